The van der Waals surface area contributed by atoms with E-state index in [4.69, 9.17) is 9.47 Å². The second kappa shape index (κ2) is 4.04. The van der Waals surface area contributed by atoms with E-state index in [1.807, 2.05) is 0 Å². The monoisotopic (exact) mass is 213 g/mol. The van der Waals surface area contributed by atoms with Gasteiger partial charge in [-0.15, -0.1) is 0 Å². The summed E-state index contributed by atoms with van der Waals surface area (Å²) in [5, 5.41) is 3.53. The third-order valence-corrected chi connectivity index (χ3v) is 3.78. The van der Waals surface area contributed by atoms with Crippen molar-refractivity contribution < 1.29 is 9.47 Å². The molecular formula is C12H23NO2. The van der Waals surface area contributed by atoms with Crippen molar-refractivity contribution in [1.29, 1.82) is 0 Å². The fraction of sp³-hybridized carbons (Fsp3) is 1.00. The Morgan fingerprint density at radius 3 is 2.87 bits per heavy atom. The maximum Gasteiger partial charge on any atom is 0.0860 e. The summed E-state index contributed by atoms with van der Waals surface area (Å²) in [6.45, 7) is 9.34. The molecule has 3 atom stereocenters. The number of rotatable bonds is 1. The normalized spacial score (nSPS) is 47.0. The van der Waals surface area contributed by atoms with E-state index >= 15 is 0 Å². The van der Waals surface area contributed by atoms with Crippen LogP contribution in [0, 0.1) is 0 Å². The zero-order chi connectivity index (χ0) is 10.9. The maximum atomic E-state index is 6.38. The second-order valence-electron chi connectivity index (χ2n) is 5.33. The van der Waals surface area contributed by atoms with Gasteiger partial charge in [-0.3, -0.25) is 0 Å². The van der Waals surface area contributed by atoms with E-state index < -0.39 is 0 Å². The standard InChI is InChI=1S/C12H23NO2/c1-4-11(3)8-13-9-12(15-11)5-6-14-10(2)7-12/h10,13H,4-9H2,1-3H3. The lowest BCUT2D eigenvalue weighted by Gasteiger charge is -2.50. The Morgan fingerprint density at radius 1 is 1.40 bits per heavy atom. The highest BCUT2D eigenvalue weighted by molar-refractivity contribution is 4.96. The van der Waals surface area contributed by atoms with Gasteiger partial charge in [0.1, 0.15) is 0 Å². The average molecular weight is 213 g/mol. The van der Waals surface area contributed by atoms with Gasteiger partial charge in [-0.1, -0.05) is 6.92 Å². The molecule has 2 fully saturated rings. The van der Waals surface area contributed by atoms with Crippen LogP contribution in [0.2, 0.25) is 0 Å². The molecule has 0 aromatic heterocycles. The molecule has 2 rings (SSSR count). The van der Waals surface area contributed by atoms with E-state index in [2.05, 4.69) is 26.1 Å². The lowest BCUT2D eigenvalue weighted by atomic mass is 9.86. The van der Waals surface area contributed by atoms with Gasteiger partial charge in [-0.05, 0) is 20.3 Å². The molecule has 3 heteroatoms. The van der Waals surface area contributed by atoms with Crippen molar-refractivity contribution in [3.63, 3.8) is 0 Å². The number of ether oxygens (including phenoxy) is 2. The van der Waals surface area contributed by atoms with Gasteiger partial charge < -0.3 is 14.8 Å². The summed E-state index contributed by atoms with van der Waals surface area (Å²) >= 11 is 0. The lowest BCUT2D eigenvalue weighted by Crippen LogP contribution is -2.61. The average Bonchev–Trinajstić information content (AvgIpc) is 2.17. The quantitative estimate of drug-likeness (QED) is 0.719. The smallest absolute Gasteiger partial charge is 0.0860 e. The molecule has 0 amide bonds. The Kier molecular flexibility index (Phi) is 3.06. The van der Waals surface area contributed by atoms with Crippen molar-refractivity contribution in [3.05, 3.63) is 0 Å². The van der Waals surface area contributed by atoms with Crippen LogP contribution in [-0.2, 0) is 9.47 Å². The minimum Gasteiger partial charge on any atom is -0.378 e. The molecule has 88 valence electrons. The predicted octanol–water partition coefficient (Wildman–Crippen LogP) is 1.71. The Hall–Kier alpha value is -0.120. The van der Waals surface area contributed by atoms with Crippen LogP contribution in [-0.4, -0.2) is 37.0 Å². The summed E-state index contributed by atoms with van der Waals surface area (Å²) in [5.74, 6) is 0. The topological polar surface area (TPSA) is 30.5 Å². The van der Waals surface area contributed by atoms with Crippen LogP contribution in [0.4, 0.5) is 0 Å². The second-order valence-corrected chi connectivity index (χ2v) is 5.33. The van der Waals surface area contributed by atoms with Gasteiger partial charge in [0.05, 0.1) is 17.3 Å². The van der Waals surface area contributed by atoms with Crippen molar-refractivity contribution >= 4 is 0 Å². The molecule has 2 aliphatic heterocycles. The first-order chi connectivity index (χ1) is 7.08. The van der Waals surface area contributed by atoms with Crippen molar-refractivity contribution in [2.75, 3.05) is 19.7 Å². The van der Waals surface area contributed by atoms with Crippen LogP contribution >= 0.6 is 0 Å². The Labute approximate surface area is 92.5 Å². The summed E-state index contributed by atoms with van der Waals surface area (Å²) in [7, 11) is 0. The van der Waals surface area contributed by atoms with Crippen LogP contribution < -0.4 is 5.32 Å². The molecule has 2 saturated heterocycles. The number of hydrogen-bond donors (Lipinski definition) is 1. The molecule has 2 heterocycles. The number of hydrogen-bond acceptors (Lipinski definition) is 3. The van der Waals surface area contributed by atoms with Gasteiger partial charge >= 0.3 is 0 Å². The first-order valence-electron chi connectivity index (χ1n) is 6.10. The summed E-state index contributed by atoms with van der Waals surface area (Å²) in [6, 6.07) is 0. The molecule has 3 nitrogen and oxygen atoms in total. The van der Waals surface area contributed by atoms with E-state index in [0.717, 1.165) is 39.0 Å². The molecule has 15 heavy (non-hydrogen) atoms. The third kappa shape index (κ3) is 2.35. The van der Waals surface area contributed by atoms with Crippen molar-refractivity contribution in [3.8, 4) is 0 Å². The fourth-order valence-electron chi connectivity index (χ4n) is 2.73. The zero-order valence-electron chi connectivity index (χ0n) is 10.1. The van der Waals surface area contributed by atoms with Gasteiger partial charge in [0.25, 0.3) is 0 Å². The highest BCUT2D eigenvalue weighted by atomic mass is 16.5. The van der Waals surface area contributed by atoms with E-state index in [1.165, 1.54) is 0 Å². The van der Waals surface area contributed by atoms with Crippen LogP contribution in [0.5, 0.6) is 0 Å². The maximum absolute atomic E-state index is 6.38. The van der Waals surface area contributed by atoms with Gasteiger partial charge in [-0.25, -0.2) is 0 Å². The van der Waals surface area contributed by atoms with E-state index in [0.29, 0.717) is 6.10 Å². The number of morpholine rings is 1. The molecule has 0 bridgehead atoms. The van der Waals surface area contributed by atoms with Crippen molar-refractivity contribution in [2.45, 2.75) is 57.3 Å². The zero-order valence-corrected chi connectivity index (χ0v) is 10.1. The van der Waals surface area contributed by atoms with E-state index in [-0.39, 0.29) is 11.2 Å². The molecule has 0 saturated carbocycles. The largest absolute Gasteiger partial charge is 0.378 e. The SMILES string of the molecule is CCC1(C)CNCC2(CCOC(C)C2)O1. The van der Waals surface area contributed by atoms with Crippen molar-refractivity contribution in [2.24, 2.45) is 0 Å². The Bertz CT molecular complexity index is 230. The summed E-state index contributed by atoms with van der Waals surface area (Å²) < 4.78 is 12.0. The molecule has 2 aliphatic rings. The molecule has 1 spiro atoms. The molecule has 0 radical (unpaired) electrons. The number of nitrogens with one attached hydrogen (secondary N) is 1. The molecule has 3 unspecified atom stereocenters. The summed E-state index contributed by atoms with van der Waals surface area (Å²) in [6.07, 6.45) is 3.45. The fourth-order valence-corrected chi connectivity index (χ4v) is 2.73. The molecule has 0 aromatic carbocycles. The third-order valence-electron chi connectivity index (χ3n) is 3.78. The minimum atomic E-state index is 0.00924. The van der Waals surface area contributed by atoms with Crippen LogP contribution in [0.1, 0.15) is 40.0 Å². The van der Waals surface area contributed by atoms with Crippen LogP contribution in [0.15, 0.2) is 0 Å². The molecular weight excluding hydrogens is 190 g/mol. The van der Waals surface area contributed by atoms with Gasteiger partial charge in [-0.2, -0.15) is 0 Å². The predicted molar refractivity (Wildman–Crippen MR) is 60.0 cm³/mol. The lowest BCUT2D eigenvalue weighted by molar-refractivity contribution is -0.212. The van der Waals surface area contributed by atoms with Crippen LogP contribution in [0.25, 0.3) is 0 Å². The Morgan fingerprint density at radius 2 is 2.20 bits per heavy atom. The first kappa shape index (κ1) is 11.4. The first-order valence-corrected chi connectivity index (χ1v) is 6.10. The van der Waals surface area contributed by atoms with E-state index in [9.17, 15) is 0 Å². The van der Waals surface area contributed by atoms with E-state index in [1.54, 1.807) is 0 Å². The highest BCUT2D eigenvalue weighted by Gasteiger charge is 2.44. The summed E-state index contributed by atoms with van der Waals surface area (Å²) in [4.78, 5) is 0. The van der Waals surface area contributed by atoms with Crippen molar-refractivity contribution in [1.82, 2.24) is 5.32 Å². The summed E-state index contributed by atoms with van der Waals surface area (Å²) in [5.41, 5.74) is 0.0377. The van der Waals surface area contributed by atoms with Crippen LogP contribution in [0.3, 0.4) is 0 Å². The van der Waals surface area contributed by atoms with Gasteiger partial charge in [0.15, 0.2) is 0 Å². The minimum absolute atomic E-state index is 0.00924. The molecule has 0 aliphatic carbocycles. The molecule has 1 N–H and O–H groups in total. The molecule has 0 aromatic rings. The van der Waals surface area contributed by atoms with Gasteiger partial charge in [0, 0.05) is 32.5 Å². The Balaban J connectivity index is 2.07. The highest BCUT2D eigenvalue weighted by Crippen LogP contribution is 2.35. The van der Waals surface area contributed by atoms with Gasteiger partial charge in [0.2, 0.25) is 0 Å².